The molecule has 12 atom stereocenters. The number of fused-ring (bicyclic) bond motifs is 4. The Kier molecular flexibility index (Phi) is 8.24. The van der Waals surface area contributed by atoms with Crippen LogP contribution in [-0.2, 0) is 18.9 Å². The van der Waals surface area contributed by atoms with Gasteiger partial charge < -0.3 is 34.1 Å². The normalized spacial score (nSPS) is 47.1. The number of morpholine rings is 1. The van der Waals surface area contributed by atoms with Crippen molar-refractivity contribution >= 4 is 6.09 Å². The van der Waals surface area contributed by atoms with Crippen LogP contribution in [0.1, 0.15) is 120 Å². The smallest absolute Gasteiger partial charge is 0.410 e. The molecule has 9 nitrogen and oxygen atoms in total. The highest BCUT2D eigenvalue weighted by Gasteiger charge is 2.80. The molecule has 2 N–H and O–H groups in total. The van der Waals surface area contributed by atoms with Crippen molar-refractivity contribution in [3.8, 4) is 0 Å². The second-order valence-corrected chi connectivity index (χ2v) is 20.4. The van der Waals surface area contributed by atoms with Crippen molar-refractivity contribution in [2.24, 2.45) is 45.3 Å². The predicted molar refractivity (Wildman–Crippen MR) is 186 cm³/mol. The number of ether oxygens (including phenoxy) is 4. The summed E-state index contributed by atoms with van der Waals surface area (Å²) in [4.78, 5) is 16.8. The third-order valence-electron chi connectivity index (χ3n) is 16.0. The summed E-state index contributed by atoms with van der Waals surface area (Å²) in [6.07, 6.45) is 11.0. The van der Waals surface area contributed by atoms with E-state index in [1.807, 2.05) is 25.7 Å². The van der Waals surface area contributed by atoms with Crippen molar-refractivity contribution in [1.29, 1.82) is 0 Å². The SMILES string of the molecule is CC(C)(C)OC(=O)N1CC(N2CCOC(OC3CC[C@]45C[C@]46CCC4(C)C7CCC([C@H](O)C(C)(C)O)OC7CC4C6CCC5C3(C)C)C2)C1. The van der Waals surface area contributed by atoms with Crippen LogP contribution in [0.4, 0.5) is 4.79 Å². The van der Waals surface area contributed by atoms with Crippen LogP contribution in [-0.4, -0.2) is 107 Å². The van der Waals surface area contributed by atoms with Gasteiger partial charge in [-0.05, 0) is 144 Å². The van der Waals surface area contributed by atoms with Crippen molar-refractivity contribution in [3.63, 3.8) is 0 Å². The van der Waals surface area contributed by atoms with E-state index in [-0.39, 0.29) is 36.1 Å². The monoisotopic (exact) mass is 686 g/mol. The number of hydrogen-bond donors (Lipinski definition) is 2. The third-order valence-corrected chi connectivity index (χ3v) is 16.0. The first kappa shape index (κ1) is 35.1. The Labute approximate surface area is 295 Å². The standard InChI is InChI=1S/C40H66N2O7/c1-35(2,3)49-34(44)42-20-24(21-42)41-17-18-46-32(22-41)48-31-13-14-40-23-39(40)16-15-38(8)26-9-11-28(33(43)37(6,7)45)47-29(26)19-27(38)25(39)10-12-30(40)36(31,4)5/h24-33,43,45H,9-23H2,1-8H3/t25?,26?,27?,28?,29?,30?,31?,32?,33-,38?,39-,40+/m0/s1. The summed E-state index contributed by atoms with van der Waals surface area (Å²) in [5, 5.41) is 21.4. The molecule has 5 aliphatic carbocycles. The molecule has 0 radical (unpaired) electrons. The van der Waals surface area contributed by atoms with Gasteiger partial charge in [0.05, 0.1) is 37.1 Å². The summed E-state index contributed by atoms with van der Waals surface area (Å²) < 4.78 is 25.5. The molecule has 1 amide bonds. The van der Waals surface area contributed by atoms with Crippen molar-refractivity contribution < 1.29 is 34.0 Å². The first-order chi connectivity index (χ1) is 22.9. The quantitative estimate of drug-likeness (QED) is 0.364. The minimum Gasteiger partial charge on any atom is -0.444 e. The zero-order chi connectivity index (χ0) is 34.9. The van der Waals surface area contributed by atoms with Crippen molar-refractivity contribution in [3.05, 3.63) is 0 Å². The number of aliphatic hydroxyl groups is 2. The number of hydrogen-bond acceptors (Lipinski definition) is 8. The highest BCUT2D eigenvalue weighted by molar-refractivity contribution is 5.69. The van der Waals surface area contributed by atoms with Gasteiger partial charge in [0.25, 0.3) is 0 Å². The molecular formula is C40H66N2O7. The number of carbonyl (C=O) groups excluding carboxylic acids is 1. The van der Waals surface area contributed by atoms with E-state index in [1.54, 1.807) is 13.8 Å². The summed E-state index contributed by atoms with van der Waals surface area (Å²) in [5.41, 5.74) is -0.270. The zero-order valence-electron chi connectivity index (χ0n) is 31.7. The average Bonchev–Trinajstić information content (AvgIpc) is 3.56. The lowest BCUT2D eigenvalue weighted by Crippen LogP contribution is -2.64. The molecule has 0 aromatic rings. The van der Waals surface area contributed by atoms with E-state index in [4.69, 9.17) is 18.9 Å². The fourth-order valence-corrected chi connectivity index (χ4v) is 13.6. The molecule has 0 bridgehead atoms. The number of likely N-dealkylation sites (tertiary alicyclic amines) is 1. The van der Waals surface area contributed by atoms with Gasteiger partial charge in [-0.25, -0.2) is 4.79 Å². The van der Waals surface area contributed by atoms with Gasteiger partial charge in [0, 0.05) is 25.7 Å². The maximum absolute atomic E-state index is 12.5. The number of aliphatic hydroxyl groups excluding tert-OH is 1. The molecule has 0 aromatic carbocycles. The highest BCUT2D eigenvalue weighted by atomic mass is 16.7. The lowest BCUT2D eigenvalue weighted by Gasteiger charge is -2.60. The maximum atomic E-state index is 12.5. The van der Waals surface area contributed by atoms with Crippen LogP contribution in [0.15, 0.2) is 0 Å². The van der Waals surface area contributed by atoms with E-state index >= 15 is 0 Å². The van der Waals surface area contributed by atoms with Crippen LogP contribution in [0.2, 0.25) is 0 Å². The van der Waals surface area contributed by atoms with Crippen LogP contribution in [0.25, 0.3) is 0 Å². The molecule has 3 saturated heterocycles. The number of amides is 1. The first-order valence-corrected chi connectivity index (χ1v) is 19.9. The first-order valence-electron chi connectivity index (χ1n) is 19.9. The molecule has 8 aliphatic rings. The summed E-state index contributed by atoms with van der Waals surface area (Å²) >= 11 is 0. The summed E-state index contributed by atoms with van der Waals surface area (Å²) in [6.45, 7) is 20.5. The van der Waals surface area contributed by atoms with Gasteiger partial charge >= 0.3 is 6.09 Å². The van der Waals surface area contributed by atoms with Crippen molar-refractivity contribution in [1.82, 2.24) is 9.80 Å². The lowest BCUT2D eigenvalue weighted by molar-refractivity contribution is -0.250. The molecule has 278 valence electrons. The van der Waals surface area contributed by atoms with Crippen LogP contribution in [0.5, 0.6) is 0 Å². The van der Waals surface area contributed by atoms with Gasteiger partial charge in [0.2, 0.25) is 0 Å². The largest absolute Gasteiger partial charge is 0.444 e. The Morgan fingerprint density at radius 1 is 0.898 bits per heavy atom. The Morgan fingerprint density at radius 2 is 1.63 bits per heavy atom. The Balaban J connectivity index is 0.901. The van der Waals surface area contributed by atoms with Gasteiger partial charge in [-0.2, -0.15) is 0 Å². The molecule has 3 heterocycles. The number of rotatable bonds is 5. The van der Waals surface area contributed by atoms with Crippen LogP contribution < -0.4 is 0 Å². The van der Waals surface area contributed by atoms with E-state index < -0.39 is 17.3 Å². The van der Waals surface area contributed by atoms with E-state index in [2.05, 4.69) is 25.7 Å². The fraction of sp³-hybridized carbons (Fsp3) is 0.975. The molecule has 9 heteroatoms. The lowest BCUT2D eigenvalue weighted by atomic mass is 9.46. The Bertz CT molecular complexity index is 1290. The van der Waals surface area contributed by atoms with Crippen molar-refractivity contribution in [2.45, 2.75) is 168 Å². The summed E-state index contributed by atoms with van der Waals surface area (Å²) in [5.74, 6) is 2.73. The second-order valence-electron chi connectivity index (χ2n) is 20.4. The summed E-state index contributed by atoms with van der Waals surface area (Å²) in [6, 6.07) is 0.339. The molecular weight excluding hydrogens is 620 g/mol. The van der Waals surface area contributed by atoms with Crippen molar-refractivity contribution in [2.75, 3.05) is 32.8 Å². The molecule has 2 spiro atoms. The second kappa shape index (κ2) is 11.5. The Morgan fingerprint density at radius 3 is 2.35 bits per heavy atom. The molecule has 0 aromatic heterocycles. The molecule has 8 rings (SSSR count). The van der Waals surface area contributed by atoms with Gasteiger partial charge in [-0.15, -0.1) is 0 Å². The molecule has 5 saturated carbocycles. The van der Waals surface area contributed by atoms with Crippen LogP contribution in [0, 0.1) is 45.3 Å². The molecule has 3 aliphatic heterocycles. The minimum atomic E-state index is -1.14. The topological polar surface area (TPSA) is 101 Å². The summed E-state index contributed by atoms with van der Waals surface area (Å²) in [7, 11) is 0. The maximum Gasteiger partial charge on any atom is 0.410 e. The van der Waals surface area contributed by atoms with Gasteiger partial charge in [0.1, 0.15) is 11.7 Å². The third kappa shape index (κ3) is 5.47. The highest BCUT2D eigenvalue weighted by Crippen LogP contribution is 2.87. The minimum absolute atomic E-state index is 0.0936. The zero-order valence-corrected chi connectivity index (χ0v) is 31.7. The van der Waals surface area contributed by atoms with Crippen LogP contribution >= 0.6 is 0 Å². The molecule has 8 fully saturated rings. The predicted octanol–water partition coefficient (Wildman–Crippen LogP) is 5.99. The number of nitrogens with zero attached hydrogens (tertiary/aromatic N) is 2. The molecule has 49 heavy (non-hydrogen) atoms. The van der Waals surface area contributed by atoms with E-state index in [1.165, 1.54) is 38.5 Å². The Hall–Kier alpha value is -0.970. The molecule has 9 unspecified atom stereocenters. The van der Waals surface area contributed by atoms with E-state index in [9.17, 15) is 15.0 Å². The van der Waals surface area contributed by atoms with E-state index in [0.29, 0.717) is 59.7 Å². The van der Waals surface area contributed by atoms with Crippen LogP contribution in [0.3, 0.4) is 0 Å². The number of carbonyl (C=O) groups is 1. The van der Waals surface area contributed by atoms with Gasteiger partial charge in [-0.1, -0.05) is 20.8 Å². The average molecular weight is 687 g/mol. The van der Waals surface area contributed by atoms with E-state index in [0.717, 1.165) is 44.7 Å². The fourth-order valence-electron chi connectivity index (χ4n) is 13.6. The van der Waals surface area contributed by atoms with Gasteiger partial charge in [-0.3, -0.25) is 4.90 Å². The van der Waals surface area contributed by atoms with Gasteiger partial charge in [0.15, 0.2) is 6.29 Å².